The van der Waals surface area contributed by atoms with Gasteiger partial charge >= 0.3 is 53.7 Å². The highest BCUT2D eigenvalue weighted by Crippen LogP contribution is 2.12. The molecule has 1 rings (SSSR count). The van der Waals surface area contributed by atoms with Gasteiger partial charge in [-0.3, -0.25) is 82.1 Å². The number of unbranched alkanes of at least 4 members (excludes halogenated alkanes) is 1. The van der Waals surface area contributed by atoms with E-state index in [2.05, 4.69) is 16.0 Å². The van der Waals surface area contributed by atoms with Crippen molar-refractivity contribution in [3.63, 3.8) is 0 Å². The molecule has 0 spiro atoms. The topological polar surface area (TPSA) is 463 Å². The second kappa shape index (κ2) is 34.7. The monoisotopic (exact) mass is 1060 g/mol. The highest BCUT2D eigenvalue weighted by Gasteiger charge is 2.28. The Morgan fingerprint density at radius 3 is 1.07 bits per heavy atom. The standard InChI is InChI=1S/C43H65N9O22/c53-29-6-4-28(5-7-29)17-31(45-33(55)19-50(23-37(62)63)14-10-48(21-35(58)59)12-16-52(26-40(68)69)27-41(70)71)42(72)46-30(43(73)74)3-1-2-8-44-32(54)18-49(22-36(60)61)13-9-47(20-34(56)57)11-15-51(24-38(64)65)25-39(66)67/h4-7,30-31,53H,1-3,8-27H2,(H,44,54)(H,45,55)(H,46,72)(H,56,57)(H,58,59)(H,60,61)(H,62,63)(H,64,65)(H,66,67)(H,68,69)(H,70,71)(H,73,74)/t30-,31-/m0/s1. The molecule has 0 saturated heterocycles. The summed E-state index contributed by atoms with van der Waals surface area (Å²) in [7, 11) is 0. The van der Waals surface area contributed by atoms with E-state index in [1.54, 1.807) is 0 Å². The third-order valence-electron chi connectivity index (χ3n) is 10.4. The van der Waals surface area contributed by atoms with Gasteiger partial charge in [0.2, 0.25) is 17.7 Å². The fourth-order valence-electron chi connectivity index (χ4n) is 7.07. The highest BCUT2D eigenvalue weighted by molar-refractivity contribution is 5.91. The Labute approximate surface area is 422 Å². The van der Waals surface area contributed by atoms with Crippen LogP contribution in [-0.4, -0.2) is 288 Å². The summed E-state index contributed by atoms with van der Waals surface area (Å²) >= 11 is 0. The molecule has 0 aliphatic rings. The molecule has 31 heteroatoms. The molecule has 0 bridgehead atoms. The van der Waals surface area contributed by atoms with Crippen molar-refractivity contribution in [2.24, 2.45) is 0 Å². The third kappa shape index (κ3) is 31.7. The van der Waals surface area contributed by atoms with Gasteiger partial charge in [-0.15, -0.1) is 0 Å². The van der Waals surface area contributed by atoms with Crippen LogP contribution >= 0.6 is 0 Å². The van der Waals surface area contributed by atoms with Crippen LogP contribution in [0.15, 0.2) is 24.3 Å². The summed E-state index contributed by atoms with van der Waals surface area (Å²) in [6, 6.07) is 2.41. The number of aromatic hydroxyl groups is 1. The molecule has 414 valence electrons. The van der Waals surface area contributed by atoms with E-state index in [0.717, 1.165) is 14.7 Å². The first-order valence-electron chi connectivity index (χ1n) is 22.7. The molecule has 2 atom stereocenters. The lowest BCUT2D eigenvalue weighted by Crippen LogP contribution is -2.54. The van der Waals surface area contributed by atoms with Gasteiger partial charge in [-0.1, -0.05) is 12.1 Å². The average molecular weight is 1060 g/mol. The molecule has 1 aromatic rings. The van der Waals surface area contributed by atoms with E-state index < -0.39 is 149 Å². The Hall–Kier alpha value is -7.58. The molecule has 31 nitrogen and oxygen atoms in total. The molecule has 74 heavy (non-hydrogen) atoms. The number of rotatable bonds is 43. The van der Waals surface area contributed by atoms with Crippen LogP contribution in [-0.2, 0) is 64.0 Å². The molecule has 0 saturated carbocycles. The predicted molar refractivity (Wildman–Crippen MR) is 250 cm³/mol. The second-order valence-corrected chi connectivity index (χ2v) is 16.8. The summed E-state index contributed by atoms with van der Waals surface area (Å²) in [5.41, 5.74) is 0.397. The number of carboxylic acids is 9. The minimum atomic E-state index is -1.54. The maximum absolute atomic E-state index is 13.7. The molecule has 0 aliphatic carbocycles. The van der Waals surface area contributed by atoms with Gasteiger partial charge in [0.1, 0.15) is 17.8 Å². The Morgan fingerprint density at radius 2 is 0.716 bits per heavy atom. The second-order valence-electron chi connectivity index (χ2n) is 16.8. The molecule has 0 aliphatic heterocycles. The number of phenols is 1. The number of amides is 3. The number of phenolic OH excluding ortho intramolecular Hbond substituents is 1. The summed E-state index contributed by atoms with van der Waals surface area (Å²) in [5.74, 6) is -14.8. The van der Waals surface area contributed by atoms with Crippen LogP contribution in [0.25, 0.3) is 0 Å². The van der Waals surface area contributed by atoms with E-state index in [1.165, 1.54) is 39.0 Å². The largest absolute Gasteiger partial charge is 0.508 e. The van der Waals surface area contributed by atoms with Crippen LogP contribution in [0.1, 0.15) is 24.8 Å². The predicted octanol–water partition coefficient (Wildman–Crippen LogP) is -5.24. The molecule has 3 amide bonds. The van der Waals surface area contributed by atoms with Crippen LogP contribution < -0.4 is 16.0 Å². The molecule has 0 radical (unpaired) electrons. The Balaban J connectivity index is 3.01. The number of hydrogen-bond acceptors (Lipinski definition) is 19. The molecule has 13 N–H and O–H groups in total. The maximum atomic E-state index is 13.7. The van der Waals surface area contributed by atoms with E-state index in [0.29, 0.717) is 5.56 Å². The quantitative estimate of drug-likeness (QED) is 0.0272. The fourth-order valence-corrected chi connectivity index (χ4v) is 7.07. The number of carboxylic acid groups (broad SMARTS) is 9. The zero-order valence-corrected chi connectivity index (χ0v) is 40.3. The van der Waals surface area contributed by atoms with Crippen LogP contribution in [0.3, 0.4) is 0 Å². The zero-order valence-electron chi connectivity index (χ0n) is 40.3. The van der Waals surface area contributed by atoms with Crippen LogP contribution in [0.5, 0.6) is 5.75 Å². The summed E-state index contributed by atoms with van der Waals surface area (Å²) in [5, 5.41) is 101. The number of nitrogens with zero attached hydrogens (tertiary/aromatic N) is 6. The molecule has 0 unspecified atom stereocenters. The minimum absolute atomic E-state index is 0.0392. The van der Waals surface area contributed by atoms with Gasteiger partial charge in [0, 0.05) is 65.3 Å². The maximum Gasteiger partial charge on any atom is 0.326 e. The minimum Gasteiger partial charge on any atom is -0.508 e. The lowest BCUT2D eigenvalue weighted by molar-refractivity contribution is -0.144. The summed E-state index contributed by atoms with van der Waals surface area (Å²) < 4.78 is 0. The zero-order chi connectivity index (χ0) is 55.9. The summed E-state index contributed by atoms with van der Waals surface area (Å²) in [6.45, 7) is -7.74. The van der Waals surface area contributed by atoms with E-state index in [4.69, 9.17) is 20.4 Å². The van der Waals surface area contributed by atoms with Gasteiger partial charge in [-0.25, -0.2) is 4.79 Å². The Kier molecular flexibility index (Phi) is 30.2. The van der Waals surface area contributed by atoms with Gasteiger partial charge in [0.05, 0.1) is 65.4 Å². The average Bonchev–Trinajstić information content (AvgIpc) is 3.26. The fraction of sp³-hybridized carbons (Fsp3) is 0.581. The number of aliphatic carboxylic acids is 9. The van der Waals surface area contributed by atoms with Gasteiger partial charge in [-0.05, 0) is 37.0 Å². The lowest BCUT2D eigenvalue weighted by Gasteiger charge is -2.28. The summed E-state index contributed by atoms with van der Waals surface area (Å²) in [6.07, 6.45) is -0.197. The van der Waals surface area contributed by atoms with E-state index in [9.17, 15) is 88.2 Å². The number of nitrogens with one attached hydrogen (secondary N) is 3. The molecular formula is C43H65N9O22. The summed E-state index contributed by atoms with van der Waals surface area (Å²) in [4.78, 5) is 150. The number of benzene rings is 1. The third-order valence-corrected chi connectivity index (χ3v) is 10.4. The smallest absolute Gasteiger partial charge is 0.326 e. The van der Waals surface area contributed by atoms with Crippen LogP contribution in [0.2, 0.25) is 0 Å². The van der Waals surface area contributed by atoms with Crippen molar-refractivity contribution in [2.45, 2.75) is 37.8 Å². The molecule has 0 aromatic heterocycles. The van der Waals surface area contributed by atoms with Gasteiger partial charge < -0.3 is 67.0 Å². The molecule has 0 fully saturated rings. The van der Waals surface area contributed by atoms with Crippen LogP contribution in [0.4, 0.5) is 0 Å². The van der Waals surface area contributed by atoms with Gasteiger partial charge in [0.25, 0.3) is 0 Å². The first kappa shape index (κ1) is 64.4. The van der Waals surface area contributed by atoms with Gasteiger partial charge in [0.15, 0.2) is 0 Å². The number of hydrogen-bond donors (Lipinski definition) is 13. The Bertz CT molecular complexity index is 2050. The van der Waals surface area contributed by atoms with E-state index in [1.807, 2.05) is 0 Å². The number of carbonyl (C=O) groups is 12. The highest BCUT2D eigenvalue weighted by atomic mass is 16.4. The first-order valence-corrected chi connectivity index (χ1v) is 22.7. The van der Waals surface area contributed by atoms with Crippen molar-refractivity contribution in [3.8, 4) is 5.75 Å². The number of carbonyl (C=O) groups excluding carboxylic acids is 3. The van der Waals surface area contributed by atoms with E-state index in [-0.39, 0.29) is 90.3 Å². The Morgan fingerprint density at radius 1 is 0.392 bits per heavy atom. The normalized spacial score (nSPS) is 12.1. The van der Waals surface area contributed by atoms with E-state index >= 15 is 0 Å². The van der Waals surface area contributed by atoms with Crippen molar-refractivity contribution in [1.82, 2.24) is 45.3 Å². The van der Waals surface area contributed by atoms with Crippen molar-refractivity contribution in [3.05, 3.63) is 29.8 Å². The lowest BCUT2D eigenvalue weighted by atomic mass is 10.0. The van der Waals surface area contributed by atoms with Crippen molar-refractivity contribution >= 4 is 71.4 Å². The molecule has 0 heterocycles. The SMILES string of the molecule is O=C(O)CN(CCN(CC(=O)O)CC(=O)O)CCN(CC(=O)O)CC(=O)NCCCC[C@H](NC(=O)[C@H](Cc1ccc(O)cc1)NC(=O)CN(CCN(CCN(CC(=O)O)CC(=O)O)CC(=O)O)CC(=O)O)C(=O)O. The van der Waals surface area contributed by atoms with Crippen molar-refractivity contribution in [1.29, 1.82) is 0 Å². The molecular weight excluding hydrogens is 995 g/mol. The van der Waals surface area contributed by atoms with Crippen LogP contribution in [0, 0.1) is 0 Å². The van der Waals surface area contributed by atoms with Gasteiger partial charge in [-0.2, -0.15) is 0 Å². The van der Waals surface area contributed by atoms with Crippen molar-refractivity contribution in [2.75, 3.05) is 124 Å². The molecule has 1 aromatic carbocycles. The van der Waals surface area contributed by atoms with Crippen molar-refractivity contribution < 1.29 is 109 Å². The first-order chi connectivity index (χ1) is 34.7.